The summed E-state index contributed by atoms with van der Waals surface area (Å²) in [5.74, 6) is 0. The van der Waals surface area contributed by atoms with Crippen molar-refractivity contribution in [3.63, 3.8) is 0 Å². The summed E-state index contributed by atoms with van der Waals surface area (Å²) in [6.07, 6.45) is 1.82. The molecule has 2 aromatic carbocycles. The van der Waals surface area contributed by atoms with E-state index in [9.17, 15) is 0 Å². The quantitative estimate of drug-likeness (QED) is 0.570. The SMILES string of the molecule is CCn1nc(-c2cccc3ccccc23)cc1-c1ccnn1C. The number of rotatable bonds is 3. The van der Waals surface area contributed by atoms with Gasteiger partial charge < -0.3 is 0 Å². The van der Waals surface area contributed by atoms with E-state index in [0.29, 0.717) is 0 Å². The molecule has 2 aromatic heterocycles. The van der Waals surface area contributed by atoms with Gasteiger partial charge in [0.2, 0.25) is 0 Å². The van der Waals surface area contributed by atoms with Crippen LogP contribution in [0.25, 0.3) is 33.4 Å². The number of hydrogen-bond donors (Lipinski definition) is 0. The molecule has 0 fully saturated rings. The van der Waals surface area contributed by atoms with Crippen LogP contribution in [-0.4, -0.2) is 19.6 Å². The van der Waals surface area contributed by atoms with Gasteiger partial charge in [-0.2, -0.15) is 10.2 Å². The summed E-state index contributed by atoms with van der Waals surface area (Å²) in [6, 6.07) is 19.0. The van der Waals surface area contributed by atoms with Crippen molar-refractivity contribution in [3.8, 4) is 22.6 Å². The molecule has 4 nitrogen and oxygen atoms in total. The maximum Gasteiger partial charge on any atom is 0.0936 e. The predicted octanol–water partition coefficient (Wildman–Crippen LogP) is 4.12. The Morgan fingerprint density at radius 1 is 0.957 bits per heavy atom. The van der Waals surface area contributed by atoms with Gasteiger partial charge in [0.15, 0.2) is 0 Å². The van der Waals surface area contributed by atoms with Gasteiger partial charge in [0, 0.05) is 25.4 Å². The van der Waals surface area contributed by atoms with E-state index in [1.165, 1.54) is 16.3 Å². The lowest BCUT2D eigenvalue weighted by Crippen LogP contribution is -2.02. The van der Waals surface area contributed by atoms with E-state index in [-0.39, 0.29) is 0 Å². The Labute approximate surface area is 135 Å². The van der Waals surface area contributed by atoms with Crippen molar-refractivity contribution in [2.75, 3.05) is 0 Å². The van der Waals surface area contributed by atoms with E-state index in [1.807, 2.05) is 28.7 Å². The Kier molecular flexibility index (Phi) is 3.23. The first-order chi connectivity index (χ1) is 11.3. The van der Waals surface area contributed by atoms with Crippen molar-refractivity contribution in [2.45, 2.75) is 13.5 Å². The van der Waals surface area contributed by atoms with Crippen LogP contribution in [-0.2, 0) is 13.6 Å². The van der Waals surface area contributed by atoms with Crippen molar-refractivity contribution < 1.29 is 0 Å². The minimum Gasteiger partial charge on any atom is -0.266 e. The minimum atomic E-state index is 0.825. The van der Waals surface area contributed by atoms with Crippen molar-refractivity contribution in [2.24, 2.45) is 7.05 Å². The molecule has 0 bridgehead atoms. The van der Waals surface area contributed by atoms with Gasteiger partial charge in [-0.1, -0.05) is 42.5 Å². The normalized spacial score (nSPS) is 11.2. The summed E-state index contributed by atoms with van der Waals surface area (Å²) >= 11 is 0. The monoisotopic (exact) mass is 302 g/mol. The van der Waals surface area contributed by atoms with E-state index >= 15 is 0 Å². The van der Waals surface area contributed by atoms with Crippen molar-refractivity contribution >= 4 is 10.8 Å². The van der Waals surface area contributed by atoms with Gasteiger partial charge in [0.1, 0.15) is 0 Å². The molecule has 0 atom stereocenters. The third-order valence-corrected chi connectivity index (χ3v) is 4.23. The smallest absolute Gasteiger partial charge is 0.0936 e. The molecule has 0 N–H and O–H groups in total. The zero-order valence-corrected chi connectivity index (χ0v) is 13.3. The van der Waals surface area contributed by atoms with Gasteiger partial charge in [-0.15, -0.1) is 0 Å². The fraction of sp³-hybridized carbons (Fsp3) is 0.158. The largest absolute Gasteiger partial charge is 0.266 e. The van der Waals surface area contributed by atoms with Gasteiger partial charge in [0.25, 0.3) is 0 Å². The molecule has 0 radical (unpaired) electrons. The van der Waals surface area contributed by atoms with Gasteiger partial charge in [-0.05, 0) is 29.8 Å². The molecule has 0 unspecified atom stereocenters. The molecule has 0 aliphatic rings. The first-order valence-corrected chi connectivity index (χ1v) is 7.82. The number of benzene rings is 2. The van der Waals surface area contributed by atoms with Gasteiger partial charge in [-0.3, -0.25) is 9.36 Å². The second-order valence-corrected chi connectivity index (χ2v) is 5.60. The second kappa shape index (κ2) is 5.39. The Hall–Kier alpha value is -2.88. The summed E-state index contributed by atoms with van der Waals surface area (Å²) in [5, 5.41) is 11.6. The molecular formula is C19H18N4. The molecule has 4 heteroatoms. The van der Waals surface area contributed by atoms with Gasteiger partial charge in [0.05, 0.1) is 17.1 Å². The number of fused-ring (bicyclic) bond motifs is 1. The average Bonchev–Trinajstić information content (AvgIpc) is 3.19. The second-order valence-electron chi connectivity index (χ2n) is 5.60. The molecule has 0 spiro atoms. The van der Waals surface area contributed by atoms with Crippen LogP contribution in [0.2, 0.25) is 0 Å². The fourth-order valence-corrected chi connectivity index (χ4v) is 3.07. The summed E-state index contributed by atoms with van der Waals surface area (Å²) in [5.41, 5.74) is 4.33. The topological polar surface area (TPSA) is 35.6 Å². The third-order valence-electron chi connectivity index (χ3n) is 4.23. The highest BCUT2D eigenvalue weighted by atomic mass is 15.3. The molecular weight excluding hydrogens is 284 g/mol. The van der Waals surface area contributed by atoms with Crippen LogP contribution in [0.4, 0.5) is 0 Å². The summed E-state index contributed by atoms with van der Waals surface area (Å²) in [6.45, 7) is 2.94. The van der Waals surface area contributed by atoms with E-state index < -0.39 is 0 Å². The molecule has 114 valence electrons. The van der Waals surface area contributed by atoms with Crippen LogP contribution in [0.3, 0.4) is 0 Å². The summed E-state index contributed by atoms with van der Waals surface area (Å²) < 4.78 is 3.92. The summed E-state index contributed by atoms with van der Waals surface area (Å²) in [7, 11) is 1.96. The summed E-state index contributed by atoms with van der Waals surface area (Å²) in [4.78, 5) is 0. The lowest BCUT2D eigenvalue weighted by molar-refractivity contribution is 0.660. The van der Waals surface area contributed by atoms with Crippen LogP contribution >= 0.6 is 0 Å². The number of aromatic nitrogens is 4. The maximum atomic E-state index is 4.82. The van der Waals surface area contributed by atoms with Gasteiger partial charge >= 0.3 is 0 Å². The molecule has 4 aromatic rings. The maximum absolute atomic E-state index is 4.82. The van der Waals surface area contributed by atoms with Crippen molar-refractivity contribution in [1.82, 2.24) is 19.6 Å². The standard InChI is InChI=1S/C19H18N4/c1-3-23-19(18-11-12-20-22(18)2)13-17(21-23)16-10-6-8-14-7-4-5-9-15(14)16/h4-13H,3H2,1-2H3. The van der Waals surface area contributed by atoms with Crippen LogP contribution in [0.5, 0.6) is 0 Å². The van der Waals surface area contributed by atoms with E-state index in [2.05, 4.69) is 60.6 Å². The third kappa shape index (κ3) is 2.23. The zero-order chi connectivity index (χ0) is 15.8. The van der Waals surface area contributed by atoms with Gasteiger partial charge in [-0.25, -0.2) is 0 Å². The van der Waals surface area contributed by atoms with Crippen molar-refractivity contribution in [3.05, 3.63) is 60.8 Å². The zero-order valence-electron chi connectivity index (χ0n) is 13.3. The molecule has 0 aliphatic carbocycles. The Balaban J connectivity index is 1.93. The predicted molar refractivity (Wildman–Crippen MR) is 93.0 cm³/mol. The lowest BCUT2D eigenvalue weighted by atomic mass is 10.0. The first kappa shape index (κ1) is 13.8. The molecule has 0 saturated carbocycles. The highest BCUT2D eigenvalue weighted by molar-refractivity contribution is 5.96. The van der Waals surface area contributed by atoms with Crippen LogP contribution in [0.15, 0.2) is 60.8 Å². The Morgan fingerprint density at radius 2 is 1.78 bits per heavy atom. The van der Waals surface area contributed by atoms with Crippen LogP contribution in [0.1, 0.15) is 6.92 Å². The van der Waals surface area contributed by atoms with Crippen LogP contribution < -0.4 is 0 Å². The molecule has 2 heterocycles. The Morgan fingerprint density at radius 3 is 2.57 bits per heavy atom. The first-order valence-electron chi connectivity index (χ1n) is 7.82. The fourth-order valence-electron chi connectivity index (χ4n) is 3.07. The lowest BCUT2D eigenvalue weighted by Gasteiger charge is -2.04. The molecule has 0 aliphatic heterocycles. The molecule has 0 saturated heterocycles. The molecule has 4 rings (SSSR count). The average molecular weight is 302 g/mol. The van der Waals surface area contributed by atoms with E-state index in [4.69, 9.17) is 5.10 Å². The molecule has 23 heavy (non-hydrogen) atoms. The Bertz CT molecular complexity index is 973. The van der Waals surface area contributed by atoms with E-state index in [0.717, 1.165) is 23.6 Å². The highest BCUT2D eigenvalue weighted by Crippen LogP contribution is 2.30. The highest BCUT2D eigenvalue weighted by Gasteiger charge is 2.14. The number of nitrogens with zero attached hydrogens (tertiary/aromatic N) is 4. The van der Waals surface area contributed by atoms with E-state index in [1.54, 1.807) is 0 Å². The molecule has 0 amide bonds. The number of aryl methyl sites for hydroxylation is 2. The number of hydrogen-bond acceptors (Lipinski definition) is 2. The van der Waals surface area contributed by atoms with Crippen molar-refractivity contribution in [1.29, 1.82) is 0 Å². The minimum absolute atomic E-state index is 0.825. The van der Waals surface area contributed by atoms with Crippen LogP contribution in [0, 0.1) is 0 Å².